The average molecular weight is 490 g/mol. The molecule has 7 nitrogen and oxygen atoms in total. The van der Waals surface area contributed by atoms with E-state index in [2.05, 4.69) is 4.98 Å². The number of carbonyl (C=O) groups excluding carboxylic acids is 2. The normalized spacial score (nSPS) is 14.5. The maximum Gasteiger partial charge on any atom is 0.309 e. The molecule has 1 saturated heterocycles. The van der Waals surface area contributed by atoms with Crippen LogP contribution in [0.5, 0.6) is 0 Å². The van der Waals surface area contributed by atoms with Crippen LogP contribution in [0.15, 0.2) is 45.7 Å². The molecule has 0 saturated carbocycles. The SMILES string of the molecule is CCOC(=O)C1CCN(C(=O)CSc2nc3ccsc3c(=O)n2Cc2ccccc2F)CC1. The second kappa shape index (κ2) is 10.5. The maximum atomic E-state index is 14.3. The molecule has 10 heteroatoms. The molecule has 3 heterocycles. The Morgan fingerprint density at radius 2 is 2.00 bits per heavy atom. The van der Waals surface area contributed by atoms with Crippen molar-refractivity contribution >= 4 is 45.2 Å². The third kappa shape index (κ3) is 5.27. The minimum atomic E-state index is -0.396. The summed E-state index contributed by atoms with van der Waals surface area (Å²) in [5.74, 6) is -0.755. The second-order valence-corrected chi connectivity index (χ2v) is 9.57. The summed E-state index contributed by atoms with van der Waals surface area (Å²) in [6.45, 7) is 3.14. The van der Waals surface area contributed by atoms with Gasteiger partial charge in [0.15, 0.2) is 5.16 Å². The Bertz CT molecular complexity index is 1220. The number of likely N-dealkylation sites (tertiary alicyclic amines) is 1. The predicted molar refractivity (Wildman–Crippen MR) is 126 cm³/mol. The van der Waals surface area contributed by atoms with Crippen LogP contribution >= 0.6 is 23.1 Å². The third-order valence-electron chi connectivity index (χ3n) is 5.61. The number of piperidine rings is 1. The molecule has 0 atom stereocenters. The lowest BCUT2D eigenvalue weighted by atomic mass is 9.97. The minimum absolute atomic E-state index is 0.0355. The molecule has 0 N–H and O–H groups in total. The number of fused-ring (bicyclic) bond motifs is 1. The molecule has 1 amide bonds. The van der Waals surface area contributed by atoms with Gasteiger partial charge in [0.25, 0.3) is 5.56 Å². The molecule has 1 aliphatic heterocycles. The number of thiophene rings is 1. The fourth-order valence-corrected chi connectivity index (χ4v) is 5.49. The molecular formula is C23H24FN3O4S2. The van der Waals surface area contributed by atoms with E-state index in [1.54, 1.807) is 41.5 Å². The molecule has 33 heavy (non-hydrogen) atoms. The van der Waals surface area contributed by atoms with E-state index in [1.165, 1.54) is 33.7 Å². The molecule has 1 aromatic carbocycles. The van der Waals surface area contributed by atoms with Crippen molar-refractivity contribution in [2.75, 3.05) is 25.4 Å². The smallest absolute Gasteiger partial charge is 0.309 e. The first kappa shape index (κ1) is 23.4. The fraction of sp³-hybridized carbons (Fsp3) is 0.391. The van der Waals surface area contributed by atoms with Crippen LogP contribution in [0.25, 0.3) is 10.2 Å². The van der Waals surface area contributed by atoms with Crippen LogP contribution in [0.4, 0.5) is 4.39 Å². The van der Waals surface area contributed by atoms with Gasteiger partial charge < -0.3 is 9.64 Å². The second-order valence-electron chi connectivity index (χ2n) is 7.71. The summed E-state index contributed by atoms with van der Waals surface area (Å²) in [6, 6.07) is 8.07. The van der Waals surface area contributed by atoms with Gasteiger partial charge in [-0.05, 0) is 37.3 Å². The number of aromatic nitrogens is 2. The molecule has 0 radical (unpaired) electrons. The highest BCUT2D eigenvalue weighted by Crippen LogP contribution is 2.24. The van der Waals surface area contributed by atoms with Gasteiger partial charge in [-0.1, -0.05) is 30.0 Å². The lowest BCUT2D eigenvalue weighted by Gasteiger charge is -2.30. The van der Waals surface area contributed by atoms with Crippen molar-refractivity contribution in [2.24, 2.45) is 5.92 Å². The summed E-state index contributed by atoms with van der Waals surface area (Å²) >= 11 is 2.47. The van der Waals surface area contributed by atoms with Gasteiger partial charge in [0.2, 0.25) is 5.91 Å². The summed E-state index contributed by atoms with van der Waals surface area (Å²) in [5.41, 5.74) is 0.704. The summed E-state index contributed by atoms with van der Waals surface area (Å²) in [4.78, 5) is 44.1. The number of nitrogens with zero attached hydrogens (tertiary/aromatic N) is 3. The molecule has 1 fully saturated rings. The zero-order chi connectivity index (χ0) is 23.4. The molecular weight excluding hydrogens is 465 g/mol. The van der Waals surface area contributed by atoms with Gasteiger partial charge >= 0.3 is 5.97 Å². The largest absolute Gasteiger partial charge is 0.466 e. The quantitative estimate of drug-likeness (QED) is 0.287. The Labute approximate surface area is 198 Å². The average Bonchev–Trinajstić information content (AvgIpc) is 3.30. The Morgan fingerprint density at radius 3 is 2.73 bits per heavy atom. The van der Waals surface area contributed by atoms with Crippen molar-refractivity contribution in [3.63, 3.8) is 0 Å². The van der Waals surface area contributed by atoms with E-state index in [0.29, 0.717) is 53.5 Å². The van der Waals surface area contributed by atoms with Crippen LogP contribution < -0.4 is 5.56 Å². The highest BCUT2D eigenvalue weighted by molar-refractivity contribution is 7.99. The Balaban J connectivity index is 1.48. The summed E-state index contributed by atoms with van der Waals surface area (Å²) < 4.78 is 21.3. The fourth-order valence-electron chi connectivity index (χ4n) is 3.81. The van der Waals surface area contributed by atoms with Crippen LogP contribution in [0.3, 0.4) is 0 Å². The van der Waals surface area contributed by atoms with Gasteiger partial charge in [0, 0.05) is 18.7 Å². The molecule has 2 aromatic heterocycles. The number of amides is 1. The molecule has 0 unspecified atom stereocenters. The molecule has 1 aliphatic rings. The lowest BCUT2D eigenvalue weighted by molar-refractivity contribution is -0.151. The molecule has 0 bridgehead atoms. The van der Waals surface area contributed by atoms with Crippen molar-refractivity contribution < 1.29 is 18.7 Å². The number of benzene rings is 1. The molecule has 0 spiro atoms. The number of halogens is 1. The maximum absolute atomic E-state index is 14.3. The van der Waals surface area contributed by atoms with Crippen LogP contribution in [-0.2, 0) is 20.9 Å². The number of hydrogen-bond donors (Lipinski definition) is 0. The van der Waals surface area contributed by atoms with Gasteiger partial charge in [0.1, 0.15) is 10.5 Å². The zero-order valence-electron chi connectivity index (χ0n) is 18.2. The first-order valence-electron chi connectivity index (χ1n) is 10.8. The highest BCUT2D eigenvalue weighted by Gasteiger charge is 2.28. The van der Waals surface area contributed by atoms with Crippen LogP contribution in [-0.4, -0.2) is 51.8 Å². The minimum Gasteiger partial charge on any atom is -0.466 e. The first-order valence-corrected chi connectivity index (χ1v) is 12.6. The topological polar surface area (TPSA) is 81.5 Å². The van der Waals surface area contributed by atoms with Crippen LogP contribution in [0, 0.1) is 11.7 Å². The standard InChI is InChI=1S/C23H24FN3O4S2/c1-2-31-22(30)15-7-10-26(11-8-15)19(28)14-33-23-25-18-9-12-32-20(18)21(29)27(23)13-16-5-3-4-6-17(16)24/h3-6,9,12,15H,2,7-8,10-11,13-14H2,1H3. The zero-order valence-corrected chi connectivity index (χ0v) is 19.8. The monoisotopic (exact) mass is 489 g/mol. The van der Waals surface area contributed by atoms with Crippen molar-refractivity contribution in [1.82, 2.24) is 14.5 Å². The number of rotatable bonds is 7. The van der Waals surface area contributed by atoms with Crippen molar-refractivity contribution in [1.29, 1.82) is 0 Å². The summed E-state index contributed by atoms with van der Waals surface area (Å²) in [7, 11) is 0. The molecule has 4 rings (SSSR count). The molecule has 174 valence electrons. The van der Waals surface area contributed by atoms with E-state index < -0.39 is 5.82 Å². The number of hydrogen-bond acceptors (Lipinski definition) is 7. The van der Waals surface area contributed by atoms with Gasteiger partial charge in [-0.15, -0.1) is 11.3 Å². The van der Waals surface area contributed by atoms with E-state index in [9.17, 15) is 18.8 Å². The van der Waals surface area contributed by atoms with E-state index in [-0.39, 0.29) is 35.7 Å². The van der Waals surface area contributed by atoms with Gasteiger partial charge in [-0.2, -0.15) is 0 Å². The van der Waals surface area contributed by atoms with Crippen molar-refractivity contribution in [2.45, 2.75) is 31.5 Å². The third-order valence-corrected chi connectivity index (χ3v) is 7.46. The Morgan fingerprint density at radius 1 is 1.24 bits per heavy atom. The highest BCUT2D eigenvalue weighted by atomic mass is 32.2. The van der Waals surface area contributed by atoms with E-state index >= 15 is 0 Å². The van der Waals surface area contributed by atoms with Crippen molar-refractivity contribution in [3.8, 4) is 0 Å². The number of carbonyl (C=O) groups is 2. The van der Waals surface area contributed by atoms with E-state index in [4.69, 9.17) is 4.74 Å². The van der Waals surface area contributed by atoms with Crippen molar-refractivity contribution in [3.05, 3.63) is 57.4 Å². The van der Waals surface area contributed by atoms with E-state index in [0.717, 1.165) is 0 Å². The number of thioether (sulfide) groups is 1. The summed E-state index contributed by atoms with van der Waals surface area (Å²) in [5, 5.41) is 2.17. The molecule has 0 aliphatic carbocycles. The summed E-state index contributed by atoms with van der Waals surface area (Å²) in [6.07, 6.45) is 1.15. The number of esters is 1. The predicted octanol–water partition coefficient (Wildman–Crippen LogP) is 3.54. The van der Waals surface area contributed by atoms with Crippen LogP contribution in [0.2, 0.25) is 0 Å². The Hall–Kier alpha value is -2.72. The molecule has 3 aromatic rings. The van der Waals surface area contributed by atoms with Crippen LogP contribution in [0.1, 0.15) is 25.3 Å². The lowest BCUT2D eigenvalue weighted by Crippen LogP contribution is -2.41. The first-order chi connectivity index (χ1) is 16.0. The van der Waals surface area contributed by atoms with Gasteiger partial charge in [-0.3, -0.25) is 19.0 Å². The van der Waals surface area contributed by atoms with Gasteiger partial charge in [0.05, 0.1) is 30.3 Å². The van der Waals surface area contributed by atoms with E-state index in [1.807, 2.05) is 0 Å². The Kier molecular flexibility index (Phi) is 7.44. The number of ether oxygens (including phenoxy) is 1. The van der Waals surface area contributed by atoms with Gasteiger partial charge in [-0.25, -0.2) is 9.37 Å².